The molecule has 5 aromatic rings. The highest BCUT2D eigenvalue weighted by Gasteiger charge is 2.18. The van der Waals surface area contributed by atoms with Gasteiger partial charge in [0.1, 0.15) is 34.0 Å². The third-order valence-corrected chi connectivity index (χ3v) is 8.22. The fourth-order valence-corrected chi connectivity index (χ4v) is 5.54. The maximum atomic E-state index is 11.7. The smallest absolute Gasteiger partial charge is 0.336 e. The normalized spacial score (nSPS) is 11.8. The number of hydrogen-bond donors (Lipinski definition) is 2. The van der Waals surface area contributed by atoms with Crippen LogP contribution in [0.25, 0.3) is 32.9 Å². The molecule has 258 valence electrons. The quantitative estimate of drug-likeness (QED) is 0.105. The molecule has 2 aromatic carbocycles. The van der Waals surface area contributed by atoms with Crippen molar-refractivity contribution in [3.63, 3.8) is 0 Å². The Morgan fingerprint density at radius 2 is 1.18 bits per heavy atom. The number of phenols is 2. The number of phenolic OH excluding ortho intramolecular Hbond substituents is 2. The van der Waals surface area contributed by atoms with Crippen molar-refractivity contribution < 1.29 is 28.2 Å². The number of benzene rings is 2. The SMILES string of the molecule is CC(C)=CCC/C(C)=C\Cc1c2occc2c(O)c2ccc(=O)oc12.COc1cc(O)c2ccc(=O)oc2c1C/C=C(/C)CCC=C(C)C. The van der Waals surface area contributed by atoms with Crippen molar-refractivity contribution in [1.29, 1.82) is 0 Å². The Balaban J connectivity index is 0.000000221. The van der Waals surface area contributed by atoms with Gasteiger partial charge in [-0.1, -0.05) is 46.6 Å². The molecule has 8 nitrogen and oxygen atoms in total. The number of aromatic hydroxyl groups is 2. The Bertz CT molecular complexity index is 2180. The van der Waals surface area contributed by atoms with Crippen LogP contribution in [0.2, 0.25) is 0 Å². The Morgan fingerprint density at radius 1 is 0.673 bits per heavy atom. The molecule has 0 unspecified atom stereocenters. The van der Waals surface area contributed by atoms with Crippen LogP contribution in [0.3, 0.4) is 0 Å². The average molecular weight is 667 g/mol. The van der Waals surface area contributed by atoms with Crippen molar-refractivity contribution in [3.05, 3.63) is 121 Å². The molecule has 0 saturated carbocycles. The second-order valence-electron chi connectivity index (χ2n) is 12.7. The zero-order chi connectivity index (χ0) is 35.7. The van der Waals surface area contributed by atoms with E-state index in [9.17, 15) is 19.8 Å². The summed E-state index contributed by atoms with van der Waals surface area (Å²) >= 11 is 0. The molecular formula is C41H46O8. The molecule has 0 radical (unpaired) electrons. The lowest BCUT2D eigenvalue weighted by Crippen LogP contribution is -1.99. The van der Waals surface area contributed by atoms with E-state index in [-0.39, 0.29) is 11.5 Å². The summed E-state index contributed by atoms with van der Waals surface area (Å²) in [5.74, 6) is 0.636. The molecule has 2 N–H and O–H groups in total. The molecule has 0 bridgehead atoms. The topological polar surface area (TPSA) is 123 Å². The number of ether oxygens (including phenoxy) is 1. The molecule has 8 heteroatoms. The highest BCUT2D eigenvalue weighted by Crippen LogP contribution is 2.38. The zero-order valence-corrected chi connectivity index (χ0v) is 29.4. The Kier molecular flexibility index (Phi) is 12.5. The largest absolute Gasteiger partial charge is 0.507 e. The van der Waals surface area contributed by atoms with Crippen molar-refractivity contribution >= 4 is 32.9 Å². The second-order valence-corrected chi connectivity index (χ2v) is 12.7. The standard InChI is InChI=1S/C21H22O4.C20H24O4/c1-13(2)5-4-6-14(3)7-8-17-20-16(11-12-24-20)19(23)15-9-10-18(22)25-21(15)17;1-13(2)6-5-7-14(3)8-9-16-18(23-4)12-17(21)15-10-11-19(22)24-20(15)16/h5,7,9-12,23H,4,6,8H2,1-3H3;6,8,10-12,21H,5,7,9H2,1-4H3/b14-7-;14-8-. The summed E-state index contributed by atoms with van der Waals surface area (Å²) in [6.45, 7) is 12.6. The summed E-state index contributed by atoms with van der Waals surface area (Å²) in [5.41, 5.74) is 7.15. The molecule has 5 rings (SSSR count). The van der Waals surface area contributed by atoms with Crippen LogP contribution >= 0.6 is 0 Å². The van der Waals surface area contributed by atoms with Gasteiger partial charge in [-0.15, -0.1) is 0 Å². The first kappa shape index (κ1) is 36.6. The monoisotopic (exact) mass is 666 g/mol. The molecule has 0 atom stereocenters. The van der Waals surface area contributed by atoms with Gasteiger partial charge in [-0.2, -0.15) is 0 Å². The Morgan fingerprint density at radius 3 is 1.73 bits per heavy atom. The summed E-state index contributed by atoms with van der Waals surface area (Å²) in [7, 11) is 1.54. The highest BCUT2D eigenvalue weighted by atomic mass is 16.5. The fraction of sp³-hybridized carbons (Fsp3) is 0.317. The van der Waals surface area contributed by atoms with E-state index in [1.165, 1.54) is 47.8 Å². The van der Waals surface area contributed by atoms with Gasteiger partial charge in [-0.25, -0.2) is 9.59 Å². The van der Waals surface area contributed by atoms with Gasteiger partial charge in [0.2, 0.25) is 0 Å². The lowest BCUT2D eigenvalue weighted by atomic mass is 10.0. The van der Waals surface area contributed by atoms with Gasteiger partial charge in [0, 0.05) is 29.3 Å². The second kappa shape index (κ2) is 16.7. The average Bonchev–Trinajstić information content (AvgIpc) is 3.54. The molecular weight excluding hydrogens is 620 g/mol. The molecule has 0 spiro atoms. The van der Waals surface area contributed by atoms with E-state index in [1.807, 2.05) is 0 Å². The minimum atomic E-state index is -0.444. The first-order chi connectivity index (χ1) is 23.4. The minimum absolute atomic E-state index is 0.0404. The van der Waals surface area contributed by atoms with Crippen molar-refractivity contribution in [2.75, 3.05) is 7.11 Å². The summed E-state index contributed by atoms with van der Waals surface area (Å²) in [6.07, 6.45) is 15.3. The van der Waals surface area contributed by atoms with Crippen LogP contribution in [0.5, 0.6) is 17.2 Å². The molecule has 3 aromatic heterocycles. The number of hydrogen-bond acceptors (Lipinski definition) is 8. The zero-order valence-electron chi connectivity index (χ0n) is 29.4. The molecule has 0 aliphatic carbocycles. The molecule has 0 saturated heterocycles. The van der Waals surface area contributed by atoms with Crippen LogP contribution in [0.4, 0.5) is 0 Å². The molecule has 0 amide bonds. The van der Waals surface area contributed by atoms with Gasteiger partial charge < -0.3 is 28.2 Å². The van der Waals surface area contributed by atoms with Gasteiger partial charge in [0.05, 0.1) is 29.5 Å². The first-order valence-electron chi connectivity index (χ1n) is 16.4. The number of methoxy groups -OCH3 is 1. The van der Waals surface area contributed by atoms with Gasteiger partial charge in [0.25, 0.3) is 0 Å². The van der Waals surface area contributed by atoms with Crippen LogP contribution in [-0.2, 0) is 12.8 Å². The Labute approximate surface area is 286 Å². The van der Waals surface area contributed by atoms with Crippen LogP contribution in [-0.4, -0.2) is 17.3 Å². The molecule has 0 aliphatic rings. The maximum Gasteiger partial charge on any atom is 0.336 e. The van der Waals surface area contributed by atoms with Gasteiger partial charge in [0.15, 0.2) is 0 Å². The summed E-state index contributed by atoms with van der Waals surface area (Å²) in [5, 5.41) is 22.2. The van der Waals surface area contributed by atoms with Crippen molar-refractivity contribution in [2.45, 2.75) is 80.1 Å². The predicted octanol–water partition coefficient (Wildman–Crippen LogP) is 10.2. The van der Waals surface area contributed by atoms with E-state index in [2.05, 4.69) is 65.8 Å². The van der Waals surface area contributed by atoms with E-state index in [0.29, 0.717) is 51.5 Å². The van der Waals surface area contributed by atoms with E-state index >= 15 is 0 Å². The molecule has 49 heavy (non-hydrogen) atoms. The molecule has 3 heterocycles. The van der Waals surface area contributed by atoms with Crippen LogP contribution < -0.4 is 16.0 Å². The van der Waals surface area contributed by atoms with Gasteiger partial charge in [-0.05, 0) is 98.3 Å². The van der Waals surface area contributed by atoms with Crippen molar-refractivity contribution in [3.8, 4) is 17.2 Å². The predicted molar refractivity (Wildman–Crippen MR) is 197 cm³/mol. The van der Waals surface area contributed by atoms with E-state index < -0.39 is 11.3 Å². The van der Waals surface area contributed by atoms with Gasteiger partial charge >= 0.3 is 11.3 Å². The van der Waals surface area contributed by atoms with E-state index in [1.54, 1.807) is 24.3 Å². The van der Waals surface area contributed by atoms with Crippen LogP contribution in [0.15, 0.2) is 112 Å². The lowest BCUT2D eigenvalue weighted by Gasteiger charge is -2.11. The minimum Gasteiger partial charge on any atom is -0.507 e. The van der Waals surface area contributed by atoms with Crippen LogP contribution in [0, 0.1) is 0 Å². The van der Waals surface area contributed by atoms with Gasteiger partial charge in [-0.3, -0.25) is 0 Å². The fourth-order valence-electron chi connectivity index (χ4n) is 5.54. The van der Waals surface area contributed by atoms with E-state index in [4.69, 9.17) is 18.0 Å². The third kappa shape index (κ3) is 9.44. The van der Waals surface area contributed by atoms with E-state index in [0.717, 1.165) is 36.8 Å². The summed E-state index contributed by atoms with van der Waals surface area (Å²) in [6, 6.07) is 9.08. The lowest BCUT2D eigenvalue weighted by molar-refractivity contribution is 0.403. The number of rotatable bonds is 11. The molecule has 0 aliphatic heterocycles. The Hall–Kier alpha value is -5.24. The van der Waals surface area contributed by atoms with Crippen LogP contribution in [0.1, 0.15) is 78.4 Å². The highest BCUT2D eigenvalue weighted by molar-refractivity contribution is 6.04. The molecule has 0 fully saturated rings. The third-order valence-electron chi connectivity index (χ3n) is 8.22. The number of furan rings is 1. The summed E-state index contributed by atoms with van der Waals surface area (Å²) < 4.78 is 21.6. The maximum absolute atomic E-state index is 11.7. The number of fused-ring (bicyclic) bond motifs is 3. The first-order valence-corrected chi connectivity index (χ1v) is 16.4. The number of allylic oxidation sites excluding steroid dienone is 8. The summed E-state index contributed by atoms with van der Waals surface area (Å²) in [4.78, 5) is 23.2. The van der Waals surface area contributed by atoms with Crippen molar-refractivity contribution in [1.82, 2.24) is 0 Å². The van der Waals surface area contributed by atoms with Crippen molar-refractivity contribution in [2.24, 2.45) is 0 Å².